The van der Waals surface area contributed by atoms with E-state index in [2.05, 4.69) is 5.16 Å². The van der Waals surface area contributed by atoms with Crippen molar-refractivity contribution in [2.24, 2.45) is 10.9 Å². The topological polar surface area (TPSA) is 75.3 Å². The van der Waals surface area contributed by atoms with Gasteiger partial charge in [-0.3, -0.25) is 0 Å². The molecule has 0 spiro atoms. The summed E-state index contributed by atoms with van der Waals surface area (Å²) in [7, 11) is 4.77. The molecule has 0 bridgehead atoms. The maximum atomic E-state index is 5.57. The predicted octanol–water partition coefficient (Wildman–Crippen LogP) is 1.16. The average Bonchev–Trinajstić information content (AvgIpc) is 2.94. The van der Waals surface area contributed by atoms with Gasteiger partial charge in [0.2, 0.25) is 0 Å². The molecule has 0 fully saturated rings. The van der Waals surface area contributed by atoms with Gasteiger partial charge in [-0.2, -0.15) is 0 Å². The Balaban J connectivity index is 2.39. The van der Waals surface area contributed by atoms with Crippen LogP contribution in [0.1, 0.15) is 12.0 Å². The van der Waals surface area contributed by atoms with Crippen molar-refractivity contribution in [1.29, 1.82) is 0 Å². The number of ether oxygens (including phenoxy) is 3. The molecule has 1 unspecified atom stereocenters. The molecule has 0 radical (unpaired) electrons. The fourth-order valence-electron chi connectivity index (χ4n) is 1.97. The van der Waals surface area contributed by atoms with Crippen LogP contribution in [0.3, 0.4) is 0 Å². The summed E-state index contributed by atoms with van der Waals surface area (Å²) in [6.45, 7) is 0.433. The van der Waals surface area contributed by atoms with Gasteiger partial charge >= 0.3 is 0 Å². The number of hydrogen-bond acceptors (Lipinski definition) is 6. The van der Waals surface area contributed by atoms with Gasteiger partial charge in [-0.1, -0.05) is 5.16 Å². The predicted molar refractivity (Wildman–Crippen MR) is 71.2 cm³/mol. The number of nitrogens with two attached hydrogens (primary N) is 1. The fourth-order valence-corrected chi connectivity index (χ4v) is 1.97. The summed E-state index contributed by atoms with van der Waals surface area (Å²) in [5.41, 5.74) is 7.20. The zero-order chi connectivity index (χ0) is 13.8. The van der Waals surface area contributed by atoms with Crippen molar-refractivity contribution in [3.63, 3.8) is 0 Å². The highest BCUT2D eigenvalue weighted by Crippen LogP contribution is 2.36. The van der Waals surface area contributed by atoms with Gasteiger partial charge in [-0.25, -0.2) is 0 Å². The minimum absolute atomic E-state index is 0.0761. The van der Waals surface area contributed by atoms with Crippen molar-refractivity contribution in [3.8, 4) is 17.2 Å². The van der Waals surface area contributed by atoms with Crippen LogP contribution < -0.4 is 19.9 Å². The van der Waals surface area contributed by atoms with E-state index < -0.39 is 0 Å². The summed E-state index contributed by atoms with van der Waals surface area (Å²) in [6.07, 6.45) is 0.579. The Hall–Kier alpha value is -1.95. The van der Waals surface area contributed by atoms with Crippen LogP contribution in [0.25, 0.3) is 0 Å². The summed E-state index contributed by atoms with van der Waals surface area (Å²) < 4.78 is 15.9. The normalized spacial score (nSPS) is 17.7. The Labute approximate surface area is 112 Å². The summed E-state index contributed by atoms with van der Waals surface area (Å²) in [5.74, 6) is 1.90. The van der Waals surface area contributed by atoms with Crippen LogP contribution in [-0.4, -0.2) is 39.7 Å². The molecule has 6 heteroatoms. The highest BCUT2D eigenvalue weighted by Gasteiger charge is 2.24. The number of benzene rings is 1. The van der Waals surface area contributed by atoms with Crippen LogP contribution in [0.4, 0.5) is 0 Å². The van der Waals surface area contributed by atoms with Crippen LogP contribution >= 0.6 is 0 Å². The lowest BCUT2D eigenvalue weighted by atomic mass is 10.0. The molecule has 0 amide bonds. The Bertz CT molecular complexity index is 488. The lowest BCUT2D eigenvalue weighted by Gasteiger charge is -2.13. The van der Waals surface area contributed by atoms with E-state index in [-0.39, 0.29) is 6.10 Å². The molecule has 0 aliphatic carbocycles. The highest BCUT2D eigenvalue weighted by molar-refractivity contribution is 6.04. The molecule has 1 heterocycles. The maximum absolute atomic E-state index is 5.57. The number of rotatable bonds is 5. The Morgan fingerprint density at radius 3 is 2.32 bits per heavy atom. The van der Waals surface area contributed by atoms with E-state index in [4.69, 9.17) is 24.8 Å². The summed E-state index contributed by atoms with van der Waals surface area (Å²) in [5, 5.41) is 4.06. The first-order valence-electron chi connectivity index (χ1n) is 5.96. The molecule has 104 valence electrons. The second-order valence-electron chi connectivity index (χ2n) is 4.11. The summed E-state index contributed by atoms with van der Waals surface area (Å²) in [4.78, 5) is 5.23. The third-order valence-corrected chi connectivity index (χ3v) is 3.01. The van der Waals surface area contributed by atoms with E-state index in [1.807, 2.05) is 6.07 Å². The van der Waals surface area contributed by atoms with Crippen molar-refractivity contribution in [1.82, 2.24) is 0 Å². The van der Waals surface area contributed by atoms with E-state index in [1.165, 1.54) is 0 Å². The Kier molecular flexibility index (Phi) is 4.11. The smallest absolute Gasteiger partial charge is 0.164 e. The molecule has 1 atom stereocenters. The molecular weight excluding hydrogens is 248 g/mol. The standard InChI is InChI=1S/C13H18N2O4/c1-16-11-6-13(18-3)12(17-2)5-9(11)10-4-8(7-14)19-15-10/h5-6,8H,4,7,14H2,1-3H3. The molecule has 1 aromatic rings. The zero-order valence-electron chi connectivity index (χ0n) is 11.3. The van der Waals surface area contributed by atoms with Gasteiger partial charge < -0.3 is 24.8 Å². The third kappa shape index (κ3) is 2.58. The van der Waals surface area contributed by atoms with Crippen molar-refractivity contribution in [2.75, 3.05) is 27.9 Å². The molecule has 2 N–H and O–H groups in total. The lowest BCUT2D eigenvalue weighted by molar-refractivity contribution is 0.0918. The molecule has 19 heavy (non-hydrogen) atoms. The fraction of sp³-hybridized carbons (Fsp3) is 0.462. The largest absolute Gasteiger partial charge is 0.496 e. The molecule has 1 aromatic carbocycles. The van der Waals surface area contributed by atoms with Gasteiger partial charge in [0.1, 0.15) is 11.9 Å². The van der Waals surface area contributed by atoms with Crippen molar-refractivity contribution < 1.29 is 19.0 Å². The van der Waals surface area contributed by atoms with Gasteiger partial charge in [-0.15, -0.1) is 0 Å². The van der Waals surface area contributed by atoms with Gasteiger partial charge in [0.15, 0.2) is 11.5 Å². The van der Waals surface area contributed by atoms with E-state index >= 15 is 0 Å². The Morgan fingerprint density at radius 2 is 1.79 bits per heavy atom. The first-order valence-corrected chi connectivity index (χ1v) is 5.96. The van der Waals surface area contributed by atoms with E-state index in [0.717, 1.165) is 11.3 Å². The maximum Gasteiger partial charge on any atom is 0.164 e. The summed E-state index contributed by atoms with van der Waals surface area (Å²) >= 11 is 0. The molecule has 1 aliphatic heterocycles. The Morgan fingerprint density at radius 1 is 1.16 bits per heavy atom. The monoisotopic (exact) mass is 266 g/mol. The minimum Gasteiger partial charge on any atom is -0.496 e. The van der Waals surface area contributed by atoms with Crippen LogP contribution in [0.15, 0.2) is 17.3 Å². The molecule has 1 aliphatic rings. The number of oxime groups is 1. The molecule has 2 rings (SSSR count). The quantitative estimate of drug-likeness (QED) is 0.865. The van der Waals surface area contributed by atoms with E-state index in [0.29, 0.717) is 30.2 Å². The SMILES string of the molecule is COc1cc(OC)c(C2=NOC(CN)C2)cc1OC. The molecule has 0 saturated heterocycles. The van der Waals surface area contributed by atoms with Crippen LogP contribution in [0.2, 0.25) is 0 Å². The lowest BCUT2D eigenvalue weighted by Crippen LogP contribution is -2.20. The molecular formula is C13H18N2O4. The molecule has 0 aromatic heterocycles. The zero-order valence-corrected chi connectivity index (χ0v) is 11.3. The van der Waals surface area contributed by atoms with Crippen LogP contribution in [0, 0.1) is 0 Å². The van der Waals surface area contributed by atoms with Crippen molar-refractivity contribution in [3.05, 3.63) is 17.7 Å². The van der Waals surface area contributed by atoms with Gasteiger partial charge in [0.05, 0.1) is 27.0 Å². The second-order valence-corrected chi connectivity index (χ2v) is 4.11. The number of methoxy groups -OCH3 is 3. The van der Waals surface area contributed by atoms with E-state index in [1.54, 1.807) is 27.4 Å². The first-order chi connectivity index (χ1) is 9.23. The van der Waals surface area contributed by atoms with Gasteiger partial charge in [-0.05, 0) is 6.07 Å². The average molecular weight is 266 g/mol. The number of hydrogen-bond donors (Lipinski definition) is 1. The van der Waals surface area contributed by atoms with Crippen molar-refractivity contribution in [2.45, 2.75) is 12.5 Å². The second kappa shape index (κ2) is 5.79. The van der Waals surface area contributed by atoms with Crippen LogP contribution in [-0.2, 0) is 4.84 Å². The highest BCUT2D eigenvalue weighted by atomic mass is 16.6. The van der Waals surface area contributed by atoms with Crippen molar-refractivity contribution >= 4 is 5.71 Å². The van der Waals surface area contributed by atoms with Gasteiger partial charge in [0.25, 0.3) is 0 Å². The minimum atomic E-state index is -0.0761. The summed E-state index contributed by atoms with van der Waals surface area (Å²) in [6, 6.07) is 3.60. The van der Waals surface area contributed by atoms with E-state index in [9.17, 15) is 0 Å². The van der Waals surface area contributed by atoms with Crippen LogP contribution in [0.5, 0.6) is 17.2 Å². The van der Waals surface area contributed by atoms with Gasteiger partial charge in [0, 0.05) is 24.6 Å². The molecule has 0 saturated carbocycles. The molecule has 6 nitrogen and oxygen atoms in total. The third-order valence-electron chi connectivity index (χ3n) is 3.01. The number of nitrogens with zero attached hydrogens (tertiary/aromatic N) is 1. The first kappa shape index (κ1) is 13.5.